The van der Waals surface area contributed by atoms with Gasteiger partial charge in [-0.3, -0.25) is 4.79 Å². The number of aliphatic hydroxyl groups excluding tert-OH is 1. The highest BCUT2D eigenvalue weighted by Gasteiger charge is 2.41. The molecule has 0 saturated heterocycles. The van der Waals surface area contributed by atoms with Crippen LogP contribution < -0.4 is 0 Å². The molecule has 4 nitrogen and oxygen atoms in total. The quantitative estimate of drug-likeness (QED) is 0.800. The number of aliphatic hydroxyl groups is 1. The summed E-state index contributed by atoms with van der Waals surface area (Å²) in [6.45, 7) is 0. The average molecular weight is 290 g/mol. The lowest BCUT2D eigenvalue weighted by atomic mass is 9.61. The van der Waals surface area contributed by atoms with Gasteiger partial charge in [-0.05, 0) is 73.1 Å². The number of carboxylic acid groups (broad SMARTS) is 1. The van der Waals surface area contributed by atoms with Gasteiger partial charge in [-0.25, -0.2) is 0 Å². The maximum Gasteiger partial charge on any atom is 0.303 e. The largest absolute Gasteiger partial charge is 0.508 e. The minimum Gasteiger partial charge on any atom is -0.508 e. The molecule has 0 spiro atoms. The van der Waals surface area contributed by atoms with Crippen molar-refractivity contribution >= 4 is 5.97 Å². The Morgan fingerprint density at radius 3 is 2.81 bits per heavy atom. The number of aromatic hydroxyl groups is 1. The predicted octanol–water partition coefficient (Wildman–Crippen LogP) is 2.67. The van der Waals surface area contributed by atoms with Gasteiger partial charge in [0.2, 0.25) is 0 Å². The number of fused-ring (bicyclic) bond motifs is 3. The Hall–Kier alpha value is -1.55. The van der Waals surface area contributed by atoms with Crippen molar-refractivity contribution in [1.29, 1.82) is 0 Å². The Balaban J connectivity index is 1.84. The molecule has 2 aliphatic rings. The number of hydrogen-bond donors (Lipinski definition) is 3. The molecule has 1 fully saturated rings. The van der Waals surface area contributed by atoms with E-state index in [2.05, 4.69) is 0 Å². The first-order valence-electron chi connectivity index (χ1n) is 7.78. The van der Waals surface area contributed by atoms with Gasteiger partial charge in [0.1, 0.15) is 5.75 Å². The maximum atomic E-state index is 10.8. The summed E-state index contributed by atoms with van der Waals surface area (Å²) in [6, 6.07) is 5.59. The summed E-state index contributed by atoms with van der Waals surface area (Å²) in [5, 5.41) is 28.8. The molecule has 0 aliphatic heterocycles. The van der Waals surface area contributed by atoms with E-state index in [-0.39, 0.29) is 18.4 Å². The van der Waals surface area contributed by atoms with Gasteiger partial charge in [-0.2, -0.15) is 0 Å². The molecule has 0 amide bonds. The SMILES string of the molecule is O=C(O)CC[C@H]1[C@@H]2CCc3cc(O)ccc3[C@H]2CC[C@@H]1O. The fourth-order valence-corrected chi connectivity index (χ4v) is 4.35. The van der Waals surface area contributed by atoms with Gasteiger partial charge in [-0.1, -0.05) is 6.07 Å². The molecular formula is C17H22O4. The van der Waals surface area contributed by atoms with Crippen molar-refractivity contribution in [1.82, 2.24) is 0 Å². The summed E-state index contributed by atoms with van der Waals surface area (Å²) in [7, 11) is 0. The monoisotopic (exact) mass is 290 g/mol. The second kappa shape index (κ2) is 5.68. The normalized spacial score (nSPS) is 31.3. The second-order valence-corrected chi connectivity index (χ2v) is 6.43. The van der Waals surface area contributed by atoms with Crippen LogP contribution in [-0.4, -0.2) is 27.4 Å². The molecule has 4 atom stereocenters. The van der Waals surface area contributed by atoms with Gasteiger partial charge in [0.25, 0.3) is 0 Å². The molecule has 0 aromatic heterocycles. The number of rotatable bonds is 3. The van der Waals surface area contributed by atoms with Crippen molar-refractivity contribution in [3.05, 3.63) is 29.3 Å². The number of aryl methyl sites for hydroxylation is 1. The van der Waals surface area contributed by atoms with Gasteiger partial charge in [-0.15, -0.1) is 0 Å². The van der Waals surface area contributed by atoms with Crippen molar-refractivity contribution in [3.63, 3.8) is 0 Å². The highest BCUT2D eigenvalue weighted by atomic mass is 16.4. The summed E-state index contributed by atoms with van der Waals surface area (Å²) in [5.74, 6) is 0.374. The third-order valence-corrected chi connectivity index (χ3v) is 5.30. The smallest absolute Gasteiger partial charge is 0.303 e. The van der Waals surface area contributed by atoms with Gasteiger partial charge in [0, 0.05) is 6.42 Å². The highest BCUT2D eigenvalue weighted by molar-refractivity contribution is 5.66. The zero-order valence-corrected chi connectivity index (χ0v) is 12.0. The molecule has 0 radical (unpaired) electrons. The summed E-state index contributed by atoms with van der Waals surface area (Å²) in [5.41, 5.74) is 2.50. The molecule has 114 valence electrons. The topological polar surface area (TPSA) is 77.8 Å². The molecule has 4 heteroatoms. The Labute approximate surface area is 124 Å². The van der Waals surface area contributed by atoms with Crippen molar-refractivity contribution in [3.8, 4) is 5.75 Å². The van der Waals surface area contributed by atoms with Gasteiger partial charge >= 0.3 is 5.97 Å². The van der Waals surface area contributed by atoms with Crippen LogP contribution in [0, 0.1) is 11.8 Å². The lowest BCUT2D eigenvalue weighted by Crippen LogP contribution is -2.39. The first-order valence-corrected chi connectivity index (χ1v) is 7.78. The van der Waals surface area contributed by atoms with E-state index in [1.54, 1.807) is 6.07 Å². The van der Waals surface area contributed by atoms with Gasteiger partial charge in [0.15, 0.2) is 0 Å². The molecule has 0 unspecified atom stereocenters. The van der Waals surface area contributed by atoms with E-state index < -0.39 is 5.97 Å². The van der Waals surface area contributed by atoms with Crippen LogP contribution in [0.3, 0.4) is 0 Å². The minimum absolute atomic E-state index is 0.0850. The number of carboxylic acids is 1. The van der Waals surface area contributed by atoms with Crippen LogP contribution in [0.5, 0.6) is 5.75 Å². The van der Waals surface area contributed by atoms with Crippen LogP contribution >= 0.6 is 0 Å². The van der Waals surface area contributed by atoms with E-state index in [1.807, 2.05) is 12.1 Å². The fraction of sp³-hybridized carbons (Fsp3) is 0.588. The number of carbonyl (C=O) groups is 1. The van der Waals surface area contributed by atoms with E-state index in [1.165, 1.54) is 11.1 Å². The zero-order chi connectivity index (χ0) is 15.0. The van der Waals surface area contributed by atoms with E-state index in [0.29, 0.717) is 24.0 Å². The number of benzene rings is 1. The Bertz CT molecular complexity index is 540. The lowest BCUT2D eigenvalue weighted by Gasteiger charge is -2.45. The van der Waals surface area contributed by atoms with Crippen molar-refractivity contribution in [2.24, 2.45) is 11.8 Å². The van der Waals surface area contributed by atoms with Crippen LogP contribution in [0.4, 0.5) is 0 Å². The van der Waals surface area contributed by atoms with E-state index >= 15 is 0 Å². The van der Waals surface area contributed by atoms with Crippen molar-refractivity contribution < 1.29 is 20.1 Å². The third kappa shape index (κ3) is 2.77. The Morgan fingerprint density at radius 2 is 2.05 bits per heavy atom. The molecule has 1 aromatic rings. The van der Waals surface area contributed by atoms with E-state index in [9.17, 15) is 15.0 Å². The van der Waals surface area contributed by atoms with Crippen LogP contribution in [0.25, 0.3) is 0 Å². The average Bonchev–Trinajstić information content (AvgIpc) is 2.45. The minimum atomic E-state index is -0.787. The first kappa shape index (κ1) is 14.4. The molecule has 21 heavy (non-hydrogen) atoms. The summed E-state index contributed by atoms with van der Waals surface area (Å²) >= 11 is 0. The summed E-state index contributed by atoms with van der Waals surface area (Å²) in [4.78, 5) is 10.8. The maximum absolute atomic E-state index is 10.8. The molecule has 1 aromatic carbocycles. The number of hydrogen-bond acceptors (Lipinski definition) is 3. The predicted molar refractivity (Wildman–Crippen MR) is 78.3 cm³/mol. The highest BCUT2D eigenvalue weighted by Crippen LogP contribution is 2.49. The van der Waals surface area contributed by atoms with Gasteiger partial charge in [0.05, 0.1) is 6.10 Å². The van der Waals surface area contributed by atoms with Crippen molar-refractivity contribution in [2.75, 3.05) is 0 Å². The molecule has 2 aliphatic carbocycles. The molecule has 1 saturated carbocycles. The van der Waals surface area contributed by atoms with Crippen LogP contribution in [-0.2, 0) is 11.2 Å². The van der Waals surface area contributed by atoms with Crippen LogP contribution in [0.15, 0.2) is 18.2 Å². The molecule has 0 heterocycles. The second-order valence-electron chi connectivity index (χ2n) is 6.43. The third-order valence-electron chi connectivity index (χ3n) is 5.30. The standard InChI is InChI=1S/C17H22O4/c18-11-2-4-12-10(9-11)1-3-14-13(12)5-7-16(19)15(14)6-8-17(20)21/h2,4,9,13-16,18-19H,1,3,5-8H2,(H,20,21)/t13-,14-,15+,16+/m1/s1. The molecule has 3 rings (SSSR count). The van der Waals surface area contributed by atoms with E-state index in [4.69, 9.17) is 5.11 Å². The summed E-state index contributed by atoms with van der Waals surface area (Å²) in [6.07, 6.45) is 3.89. The Kier molecular flexibility index (Phi) is 3.89. The van der Waals surface area contributed by atoms with Crippen molar-refractivity contribution in [2.45, 2.75) is 50.5 Å². The van der Waals surface area contributed by atoms with Crippen LogP contribution in [0.1, 0.15) is 49.1 Å². The number of phenols is 1. The molecule has 0 bridgehead atoms. The fourth-order valence-electron chi connectivity index (χ4n) is 4.35. The number of aliphatic carboxylic acids is 1. The Morgan fingerprint density at radius 1 is 1.24 bits per heavy atom. The van der Waals surface area contributed by atoms with Crippen LogP contribution in [0.2, 0.25) is 0 Å². The summed E-state index contributed by atoms with van der Waals surface area (Å²) < 4.78 is 0. The number of phenolic OH excluding ortho intramolecular Hbond substituents is 1. The van der Waals surface area contributed by atoms with E-state index in [0.717, 1.165) is 25.7 Å². The lowest BCUT2D eigenvalue weighted by molar-refractivity contribution is -0.137. The molecular weight excluding hydrogens is 268 g/mol. The molecule has 3 N–H and O–H groups in total. The van der Waals surface area contributed by atoms with Gasteiger partial charge < -0.3 is 15.3 Å². The zero-order valence-electron chi connectivity index (χ0n) is 12.0. The first-order chi connectivity index (χ1) is 10.1.